The van der Waals surface area contributed by atoms with Crippen LogP contribution in [0.15, 0.2) is 0 Å². The number of aliphatic carboxylic acids is 1. The summed E-state index contributed by atoms with van der Waals surface area (Å²) >= 11 is 0. The number of rotatable bonds is 3. The second-order valence-corrected chi connectivity index (χ2v) is 4.69. The first-order valence-corrected chi connectivity index (χ1v) is 5.65. The standard InChI is InChI=1S/C11H19NO2/c1-12(8-4-2-5-8)10-7-3-6-9(10)11(13)14/h8-10H,2-7H2,1H3,(H,13,14). The van der Waals surface area contributed by atoms with Crippen LogP contribution in [0.5, 0.6) is 0 Å². The number of carboxylic acids is 1. The highest BCUT2D eigenvalue weighted by atomic mass is 16.4. The normalized spacial score (nSPS) is 33.3. The van der Waals surface area contributed by atoms with Crippen LogP contribution in [0.4, 0.5) is 0 Å². The van der Waals surface area contributed by atoms with E-state index in [1.807, 2.05) is 0 Å². The Hall–Kier alpha value is -0.570. The van der Waals surface area contributed by atoms with Crippen LogP contribution >= 0.6 is 0 Å². The third kappa shape index (κ3) is 1.65. The van der Waals surface area contributed by atoms with Gasteiger partial charge in [-0.05, 0) is 32.7 Å². The van der Waals surface area contributed by atoms with Crippen LogP contribution in [0.2, 0.25) is 0 Å². The van der Waals surface area contributed by atoms with Crippen molar-refractivity contribution in [1.29, 1.82) is 0 Å². The van der Waals surface area contributed by atoms with Crippen LogP contribution in [0.1, 0.15) is 38.5 Å². The summed E-state index contributed by atoms with van der Waals surface area (Å²) in [6.45, 7) is 0. The molecule has 2 aliphatic rings. The van der Waals surface area contributed by atoms with Gasteiger partial charge in [0.1, 0.15) is 0 Å². The van der Waals surface area contributed by atoms with Gasteiger partial charge >= 0.3 is 5.97 Å². The quantitative estimate of drug-likeness (QED) is 0.749. The zero-order valence-corrected chi connectivity index (χ0v) is 8.78. The summed E-state index contributed by atoms with van der Waals surface area (Å²) in [6.07, 6.45) is 6.87. The van der Waals surface area contributed by atoms with Gasteiger partial charge in [-0.2, -0.15) is 0 Å². The number of nitrogens with zero attached hydrogens (tertiary/aromatic N) is 1. The van der Waals surface area contributed by atoms with Crippen LogP contribution in [0.3, 0.4) is 0 Å². The van der Waals surface area contributed by atoms with Gasteiger partial charge in [0.05, 0.1) is 5.92 Å². The molecule has 0 aromatic heterocycles. The van der Waals surface area contributed by atoms with Crippen molar-refractivity contribution in [3.05, 3.63) is 0 Å². The Balaban J connectivity index is 1.97. The molecule has 0 spiro atoms. The molecule has 0 amide bonds. The summed E-state index contributed by atoms with van der Waals surface area (Å²) in [5.41, 5.74) is 0. The van der Waals surface area contributed by atoms with E-state index in [9.17, 15) is 4.79 Å². The average Bonchev–Trinajstić information content (AvgIpc) is 2.47. The Morgan fingerprint density at radius 3 is 2.36 bits per heavy atom. The Morgan fingerprint density at radius 1 is 1.21 bits per heavy atom. The van der Waals surface area contributed by atoms with Gasteiger partial charge in [-0.1, -0.05) is 12.8 Å². The van der Waals surface area contributed by atoms with E-state index in [4.69, 9.17) is 5.11 Å². The fourth-order valence-corrected chi connectivity index (χ4v) is 2.78. The summed E-state index contributed by atoms with van der Waals surface area (Å²) < 4.78 is 0. The molecular formula is C11H19NO2. The molecule has 2 fully saturated rings. The van der Waals surface area contributed by atoms with Crippen molar-refractivity contribution in [2.75, 3.05) is 7.05 Å². The average molecular weight is 197 g/mol. The van der Waals surface area contributed by atoms with E-state index in [1.165, 1.54) is 19.3 Å². The molecule has 0 heterocycles. The lowest BCUT2D eigenvalue weighted by Gasteiger charge is -2.40. The lowest BCUT2D eigenvalue weighted by molar-refractivity contribution is -0.143. The first-order chi connectivity index (χ1) is 6.70. The van der Waals surface area contributed by atoms with Crippen LogP contribution in [-0.4, -0.2) is 35.1 Å². The molecule has 2 aliphatic carbocycles. The third-order valence-electron chi connectivity index (χ3n) is 3.97. The molecule has 0 saturated heterocycles. The fraction of sp³-hybridized carbons (Fsp3) is 0.909. The monoisotopic (exact) mass is 197 g/mol. The van der Waals surface area contributed by atoms with Gasteiger partial charge in [-0.25, -0.2) is 0 Å². The highest BCUT2D eigenvalue weighted by Crippen LogP contribution is 2.34. The molecule has 3 nitrogen and oxygen atoms in total. The van der Waals surface area contributed by atoms with Crippen molar-refractivity contribution in [3.63, 3.8) is 0 Å². The van der Waals surface area contributed by atoms with E-state index in [0.29, 0.717) is 12.1 Å². The van der Waals surface area contributed by atoms with E-state index >= 15 is 0 Å². The van der Waals surface area contributed by atoms with E-state index in [0.717, 1.165) is 19.3 Å². The Bertz CT molecular complexity index is 225. The lowest BCUT2D eigenvalue weighted by atomic mass is 9.89. The molecule has 0 bridgehead atoms. The van der Waals surface area contributed by atoms with Crippen molar-refractivity contribution in [2.24, 2.45) is 5.92 Å². The minimum absolute atomic E-state index is 0.111. The van der Waals surface area contributed by atoms with Crippen LogP contribution in [-0.2, 0) is 4.79 Å². The van der Waals surface area contributed by atoms with E-state index in [2.05, 4.69) is 11.9 Å². The highest BCUT2D eigenvalue weighted by Gasteiger charge is 2.38. The molecule has 3 heteroatoms. The first kappa shape index (κ1) is 9.97. The molecule has 0 aromatic rings. The van der Waals surface area contributed by atoms with E-state index in [-0.39, 0.29) is 5.92 Å². The smallest absolute Gasteiger partial charge is 0.308 e. The molecule has 14 heavy (non-hydrogen) atoms. The van der Waals surface area contributed by atoms with Crippen molar-refractivity contribution >= 4 is 5.97 Å². The van der Waals surface area contributed by atoms with Gasteiger partial charge in [-0.15, -0.1) is 0 Å². The second-order valence-electron chi connectivity index (χ2n) is 4.69. The number of carbonyl (C=O) groups is 1. The van der Waals surface area contributed by atoms with Gasteiger partial charge in [0.15, 0.2) is 0 Å². The summed E-state index contributed by atoms with van der Waals surface area (Å²) in [7, 11) is 2.11. The molecule has 0 radical (unpaired) electrons. The SMILES string of the molecule is CN(C1CCC1)C1CCCC1C(=O)O. The van der Waals surface area contributed by atoms with Crippen molar-refractivity contribution in [1.82, 2.24) is 4.90 Å². The molecule has 80 valence electrons. The Labute approximate surface area is 85.1 Å². The summed E-state index contributed by atoms with van der Waals surface area (Å²) in [4.78, 5) is 13.3. The Morgan fingerprint density at radius 2 is 1.86 bits per heavy atom. The maximum Gasteiger partial charge on any atom is 0.308 e. The maximum absolute atomic E-state index is 11.0. The molecular weight excluding hydrogens is 178 g/mol. The van der Waals surface area contributed by atoms with Crippen LogP contribution in [0, 0.1) is 5.92 Å². The van der Waals surface area contributed by atoms with E-state index < -0.39 is 5.97 Å². The van der Waals surface area contributed by atoms with Gasteiger partial charge in [-0.3, -0.25) is 9.69 Å². The van der Waals surface area contributed by atoms with Crippen LogP contribution in [0.25, 0.3) is 0 Å². The highest BCUT2D eigenvalue weighted by molar-refractivity contribution is 5.71. The summed E-state index contributed by atoms with van der Waals surface area (Å²) in [6, 6.07) is 0.970. The number of hydrogen-bond donors (Lipinski definition) is 1. The predicted octanol–water partition coefficient (Wildman–Crippen LogP) is 1.72. The molecule has 2 atom stereocenters. The topological polar surface area (TPSA) is 40.5 Å². The molecule has 2 unspecified atom stereocenters. The predicted molar refractivity (Wildman–Crippen MR) is 54.2 cm³/mol. The first-order valence-electron chi connectivity index (χ1n) is 5.65. The van der Waals surface area contributed by atoms with Gasteiger partial charge in [0.25, 0.3) is 0 Å². The van der Waals surface area contributed by atoms with Crippen molar-refractivity contribution in [3.8, 4) is 0 Å². The van der Waals surface area contributed by atoms with Gasteiger partial charge in [0.2, 0.25) is 0 Å². The van der Waals surface area contributed by atoms with Gasteiger partial charge in [0, 0.05) is 12.1 Å². The maximum atomic E-state index is 11.0. The summed E-state index contributed by atoms with van der Waals surface area (Å²) in [5, 5.41) is 9.08. The molecule has 0 aliphatic heterocycles. The van der Waals surface area contributed by atoms with E-state index in [1.54, 1.807) is 0 Å². The van der Waals surface area contributed by atoms with Crippen molar-refractivity contribution in [2.45, 2.75) is 50.6 Å². The largest absolute Gasteiger partial charge is 0.481 e. The van der Waals surface area contributed by atoms with Gasteiger partial charge < -0.3 is 5.11 Å². The second kappa shape index (κ2) is 3.89. The number of carboxylic acid groups (broad SMARTS) is 1. The zero-order chi connectivity index (χ0) is 10.1. The molecule has 2 rings (SSSR count). The Kier molecular flexibility index (Phi) is 2.77. The van der Waals surface area contributed by atoms with Crippen molar-refractivity contribution < 1.29 is 9.90 Å². The fourth-order valence-electron chi connectivity index (χ4n) is 2.78. The molecule has 1 N–H and O–H groups in total. The molecule has 2 saturated carbocycles. The minimum Gasteiger partial charge on any atom is -0.481 e. The molecule has 0 aromatic carbocycles. The minimum atomic E-state index is -0.598. The lowest BCUT2D eigenvalue weighted by Crippen LogP contribution is -2.47. The third-order valence-corrected chi connectivity index (χ3v) is 3.97. The number of hydrogen-bond acceptors (Lipinski definition) is 2. The van der Waals surface area contributed by atoms with Crippen LogP contribution < -0.4 is 0 Å². The zero-order valence-electron chi connectivity index (χ0n) is 8.78. The summed E-state index contributed by atoms with van der Waals surface area (Å²) in [5.74, 6) is -0.709.